The molecule has 1 amide bonds. The summed E-state index contributed by atoms with van der Waals surface area (Å²) in [6.45, 7) is 0. The van der Waals surface area contributed by atoms with Gasteiger partial charge in [-0.25, -0.2) is 10.1 Å². The number of nitrogens with zero attached hydrogens (tertiary/aromatic N) is 1. The van der Waals surface area contributed by atoms with Crippen molar-refractivity contribution in [1.82, 2.24) is 4.98 Å². The van der Waals surface area contributed by atoms with Crippen molar-refractivity contribution in [3.8, 4) is 5.75 Å². The minimum absolute atomic E-state index is 0.113. The van der Waals surface area contributed by atoms with Gasteiger partial charge in [0.05, 0.1) is 0 Å². The molecule has 5 nitrogen and oxygen atoms in total. The van der Waals surface area contributed by atoms with Crippen molar-refractivity contribution in [3.05, 3.63) is 54.6 Å². The number of aromatic nitrogens is 1. The van der Waals surface area contributed by atoms with Crippen molar-refractivity contribution in [2.45, 2.75) is 0 Å². The van der Waals surface area contributed by atoms with Crippen LogP contribution in [0.2, 0.25) is 0 Å². The summed E-state index contributed by atoms with van der Waals surface area (Å²) in [5.41, 5.74) is 1.29. The molecule has 0 aliphatic rings. The lowest BCUT2D eigenvalue weighted by atomic mass is 10.3. The third-order valence-electron chi connectivity index (χ3n) is 2.46. The third kappa shape index (κ3) is 2.55. The summed E-state index contributed by atoms with van der Waals surface area (Å²) in [6, 6.07) is 16.1. The molecule has 5 heteroatoms. The highest BCUT2D eigenvalue weighted by molar-refractivity contribution is 5.85. The fourth-order valence-electron chi connectivity index (χ4n) is 1.63. The summed E-state index contributed by atoms with van der Waals surface area (Å²) >= 11 is 0. The smallest absolute Gasteiger partial charge is 0.420 e. The molecule has 0 aliphatic carbocycles. The number of hydrogen-bond acceptors (Lipinski definition) is 4. The highest BCUT2D eigenvalue weighted by Gasteiger charge is 2.10. The van der Waals surface area contributed by atoms with Gasteiger partial charge in [-0.05, 0) is 24.3 Å². The maximum atomic E-state index is 11.6. The molecule has 1 N–H and O–H groups in total. The van der Waals surface area contributed by atoms with Crippen LogP contribution in [-0.2, 0) is 0 Å². The maximum Gasteiger partial charge on any atom is 0.420 e. The number of nitrogens with one attached hydrogen (secondary N) is 1. The minimum Gasteiger partial charge on any atom is -0.423 e. The van der Waals surface area contributed by atoms with E-state index in [0.29, 0.717) is 16.8 Å². The molecule has 0 aliphatic heterocycles. The molecule has 0 unspecified atom stereocenters. The Labute approximate surface area is 108 Å². The van der Waals surface area contributed by atoms with Crippen LogP contribution in [0, 0.1) is 0 Å². The first-order valence-electron chi connectivity index (χ1n) is 5.71. The highest BCUT2D eigenvalue weighted by Crippen LogP contribution is 2.18. The number of hydrogen-bond donors (Lipinski definition) is 1. The molecule has 94 valence electrons. The molecule has 1 aromatic heterocycles. The second kappa shape index (κ2) is 4.81. The van der Waals surface area contributed by atoms with Crippen LogP contribution in [0.3, 0.4) is 0 Å². The predicted molar refractivity (Wildman–Crippen MR) is 70.1 cm³/mol. The number of oxazole rings is 1. The van der Waals surface area contributed by atoms with E-state index in [2.05, 4.69) is 10.3 Å². The average molecular weight is 254 g/mol. The number of carbonyl (C=O) groups excluding carboxylic acids is 1. The Kier molecular flexibility index (Phi) is 2.86. The zero-order valence-electron chi connectivity index (χ0n) is 9.87. The zero-order valence-corrected chi connectivity index (χ0v) is 9.87. The van der Waals surface area contributed by atoms with Gasteiger partial charge < -0.3 is 9.15 Å². The Hall–Kier alpha value is -2.82. The first-order valence-corrected chi connectivity index (χ1v) is 5.71. The standard InChI is InChI=1S/C14H10N2O3/c17-14(18-10-6-2-1-3-7-10)16-13-15-11-8-4-5-9-12(11)19-13/h1-9H,(H,15,16,17). The van der Waals surface area contributed by atoms with Crippen molar-refractivity contribution in [1.29, 1.82) is 0 Å². The van der Waals surface area contributed by atoms with Crippen molar-refractivity contribution in [2.75, 3.05) is 5.32 Å². The van der Waals surface area contributed by atoms with Gasteiger partial charge in [0.1, 0.15) is 11.3 Å². The van der Waals surface area contributed by atoms with Crippen LogP contribution in [0.4, 0.5) is 10.8 Å². The number of benzene rings is 2. The van der Waals surface area contributed by atoms with Gasteiger partial charge in [0.2, 0.25) is 0 Å². The van der Waals surface area contributed by atoms with Crippen LogP contribution in [0.15, 0.2) is 59.0 Å². The van der Waals surface area contributed by atoms with Gasteiger partial charge in [0.25, 0.3) is 0 Å². The molecular formula is C14H10N2O3. The fourth-order valence-corrected chi connectivity index (χ4v) is 1.63. The van der Waals surface area contributed by atoms with Gasteiger partial charge in [-0.3, -0.25) is 0 Å². The van der Waals surface area contributed by atoms with Crippen molar-refractivity contribution in [2.24, 2.45) is 0 Å². The summed E-state index contributed by atoms with van der Waals surface area (Å²) in [7, 11) is 0. The summed E-state index contributed by atoms with van der Waals surface area (Å²) < 4.78 is 10.4. The molecule has 1 heterocycles. The van der Waals surface area contributed by atoms with Crippen LogP contribution in [0.25, 0.3) is 11.1 Å². The van der Waals surface area contributed by atoms with E-state index < -0.39 is 6.09 Å². The Morgan fingerprint density at radius 1 is 1.05 bits per heavy atom. The van der Waals surface area contributed by atoms with Gasteiger partial charge in [-0.1, -0.05) is 30.3 Å². The lowest BCUT2D eigenvalue weighted by Gasteiger charge is -2.02. The number of fused-ring (bicyclic) bond motifs is 1. The van der Waals surface area contributed by atoms with Gasteiger partial charge in [0.15, 0.2) is 5.58 Å². The van der Waals surface area contributed by atoms with E-state index in [1.807, 2.05) is 18.2 Å². The number of carbonyl (C=O) groups is 1. The van der Waals surface area contributed by atoms with E-state index in [0.717, 1.165) is 0 Å². The Bertz CT molecular complexity index is 674. The monoisotopic (exact) mass is 254 g/mol. The molecular weight excluding hydrogens is 244 g/mol. The van der Waals surface area contributed by atoms with Crippen LogP contribution < -0.4 is 10.1 Å². The summed E-state index contributed by atoms with van der Waals surface area (Å²) in [6.07, 6.45) is -0.641. The average Bonchev–Trinajstić information content (AvgIpc) is 2.81. The highest BCUT2D eigenvalue weighted by atomic mass is 16.6. The van der Waals surface area contributed by atoms with Crippen LogP contribution in [0.1, 0.15) is 0 Å². The second-order valence-corrected chi connectivity index (χ2v) is 3.81. The third-order valence-corrected chi connectivity index (χ3v) is 2.46. The predicted octanol–water partition coefficient (Wildman–Crippen LogP) is 3.44. The Morgan fingerprint density at radius 2 is 1.79 bits per heavy atom. The van der Waals surface area contributed by atoms with E-state index in [-0.39, 0.29) is 6.01 Å². The van der Waals surface area contributed by atoms with Crippen molar-refractivity contribution in [3.63, 3.8) is 0 Å². The largest absolute Gasteiger partial charge is 0.423 e. The van der Waals surface area contributed by atoms with Gasteiger partial charge in [0, 0.05) is 0 Å². The number of amides is 1. The normalized spacial score (nSPS) is 10.3. The first-order chi connectivity index (χ1) is 9.31. The number of anilines is 1. The summed E-state index contributed by atoms with van der Waals surface area (Å²) in [5.74, 6) is 0.455. The molecule has 0 spiro atoms. The van der Waals surface area contributed by atoms with Gasteiger partial charge >= 0.3 is 12.1 Å². The molecule has 19 heavy (non-hydrogen) atoms. The van der Waals surface area contributed by atoms with E-state index in [1.54, 1.807) is 36.4 Å². The summed E-state index contributed by atoms with van der Waals surface area (Å²) in [4.78, 5) is 15.7. The molecule has 0 radical (unpaired) electrons. The minimum atomic E-state index is -0.641. The van der Waals surface area contributed by atoms with Crippen molar-refractivity contribution >= 4 is 23.2 Å². The Balaban J connectivity index is 1.72. The SMILES string of the molecule is O=C(Nc1nc2ccccc2o1)Oc1ccccc1. The number of ether oxygens (including phenoxy) is 1. The molecule has 2 aromatic carbocycles. The van der Waals surface area contributed by atoms with Gasteiger partial charge in [-0.15, -0.1) is 0 Å². The molecule has 0 fully saturated rings. The molecule has 3 rings (SSSR count). The van der Waals surface area contributed by atoms with Gasteiger partial charge in [-0.2, -0.15) is 4.98 Å². The quantitative estimate of drug-likeness (QED) is 0.760. The topological polar surface area (TPSA) is 64.4 Å². The molecule has 0 bridgehead atoms. The second-order valence-electron chi connectivity index (χ2n) is 3.81. The lowest BCUT2D eigenvalue weighted by molar-refractivity contribution is 0.214. The van der Waals surface area contributed by atoms with E-state index in [4.69, 9.17) is 9.15 Å². The van der Waals surface area contributed by atoms with E-state index >= 15 is 0 Å². The van der Waals surface area contributed by atoms with Crippen LogP contribution >= 0.6 is 0 Å². The lowest BCUT2D eigenvalue weighted by Crippen LogP contribution is -2.16. The molecule has 0 atom stereocenters. The number of para-hydroxylation sites is 3. The first kappa shape index (κ1) is 11.3. The Morgan fingerprint density at radius 3 is 2.58 bits per heavy atom. The molecule has 3 aromatic rings. The molecule has 0 saturated heterocycles. The fraction of sp³-hybridized carbons (Fsp3) is 0. The van der Waals surface area contributed by atoms with Crippen molar-refractivity contribution < 1.29 is 13.9 Å². The zero-order chi connectivity index (χ0) is 13.1. The molecule has 0 saturated carbocycles. The number of rotatable bonds is 2. The van der Waals surface area contributed by atoms with Crippen LogP contribution in [-0.4, -0.2) is 11.1 Å². The maximum absolute atomic E-state index is 11.6. The summed E-state index contributed by atoms with van der Waals surface area (Å²) in [5, 5.41) is 2.44. The van der Waals surface area contributed by atoms with Crippen LogP contribution in [0.5, 0.6) is 5.75 Å². The van der Waals surface area contributed by atoms with E-state index in [9.17, 15) is 4.79 Å². The van der Waals surface area contributed by atoms with E-state index in [1.165, 1.54) is 0 Å².